The van der Waals surface area contributed by atoms with Crippen LogP contribution in [0.15, 0.2) is 15.8 Å². The maximum Gasteiger partial charge on any atom is 0.269 e. The summed E-state index contributed by atoms with van der Waals surface area (Å²) in [4.78, 5) is 23.1. The van der Waals surface area contributed by atoms with Gasteiger partial charge >= 0.3 is 0 Å². The lowest BCUT2D eigenvalue weighted by molar-refractivity contribution is 0.0996. The minimum absolute atomic E-state index is 0.449. The summed E-state index contributed by atoms with van der Waals surface area (Å²) in [6, 6.07) is 0.742. The molecular formula is C7H8N2O5S. The van der Waals surface area contributed by atoms with Crippen LogP contribution < -0.4 is 11.3 Å². The molecule has 0 aromatic carbocycles. The molecule has 82 valence electrons. The summed E-state index contributed by atoms with van der Waals surface area (Å²) in [5, 5.41) is 9.10. The summed E-state index contributed by atoms with van der Waals surface area (Å²) in [5.74, 6) is -1.78. The molecule has 7 nitrogen and oxygen atoms in total. The van der Waals surface area contributed by atoms with Gasteiger partial charge in [0.05, 0.1) is 0 Å². The molecule has 0 saturated heterocycles. The van der Waals surface area contributed by atoms with Crippen molar-refractivity contribution in [3.05, 3.63) is 22.0 Å². The van der Waals surface area contributed by atoms with Crippen molar-refractivity contribution >= 4 is 15.7 Å². The Bertz CT molecular complexity index is 572. The first-order chi connectivity index (χ1) is 6.73. The molecule has 0 spiro atoms. The van der Waals surface area contributed by atoms with Crippen LogP contribution in [-0.2, 0) is 9.84 Å². The Balaban J connectivity index is 3.65. The van der Waals surface area contributed by atoms with Gasteiger partial charge in [-0.05, 0) is 6.07 Å². The largest absolute Gasteiger partial charge is 0.494 e. The first-order valence-corrected chi connectivity index (χ1v) is 5.58. The molecule has 1 aromatic heterocycles. The van der Waals surface area contributed by atoms with E-state index in [4.69, 9.17) is 10.8 Å². The zero-order valence-electron chi connectivity index (χ0n) is 7.64. The summed E-state index contributed by atoms with van der Waals surface area (Å²) in [5.41, 5.74) is 3.41. The van der Waals surface area contributed by atoms with E-state index in [1.54, 1.807) is 0 Å². The molecule has 0 aliphatic carbocycles. The van der Waals surface area contributed by atoms with Crippen LogP contribution in [0.2, 0.25) is 0 Å². The van der Waals surface area contributed by atoms with Gasteiger partial charge in [-0.2, -0.15) is 0 Å². The monoisotopic (exact) mass is 232 g/mol. The number of carbonyl (C=O) groups is 1. The van der Waals surface area contributed by atoms with Crippen LogP contribution in [-0.4, -0.2) is 30.7 Å². The number of primary amides is 1. The number of sulfone groups is 1. The summed E-state index contributed by atoms with van der Waals surface area (Å²) in [6.45, 7) is 0. The van der Waals surface area contributed by atoms with Gasteiger partial charge < -0.3 is 10.8 Å². The molecule has 0 aliphatic rings. The van der Waals surface area contributed by atoms with Crippen LogP contribution in [0, 0.1) is 0 Å². The predicted molar refractivity (Wildman–Crippen MR) is 50.4 cm³/mol. The van der Waals surface area contributed by atoms with E-state index in [0.717, 1.165) is 12.3 Å². The second-order valence-corrected chi connectivity index (χ2v) is 4.85. The van der Waals surface area contributed by atoms with Crippen molar-refractivity contribution in [1.82, 2.24) is 4.98 Å². The third-order valence-corrected chi connectivity index (χ3v) is 2.75. The predicted octanol–water partition coefficient (Wildman–Crippen LogP) is -1.42. The number of amides is 1. The molecule has 1 rings (SSSR count). The molecule has 0 unspecified atom stereocenters. The highest BCUT2D eigenvalue weighted by Gasteiger charge is 2.18. The van der Waals surface area contributed by atoms with E-state index in [2.05, 4.69) is 0 Å². The van der Waals surface area contributed by atoms with Gasteiger partial charge in [0.1, 0.15) is 10.5 Å². The van der Waals surface area contributed by atoms with Gasteiger partial charge in [0.2, 0.25) is 5.88 Å². The summed E-state index contributed by atoms with van der Waals surface area (Å²) in [6.07, 6.45) is 0.805. The lowest BCUT2D eigenvalue weighted by Crippen LogP contribution is -2.21. The minimum Gasteiger partial charge on any atom is -0.494 e. The van der Waals surface area contributed by atoms with Gasteiger partial charge in [-0.25, -0.2) is 8.42 Å². The zero-order valence-corrected chi connectivity index (χ0v) is 8.46. The molecular weight excluding hydrogens is 224 g/mol. The van der Waals surface area contributed by atoms with E-state index in [0.29, 0.717) is 0 Å². The van der Waals surface area contributed by atoms with Crippen molar-refractivity contribution in [1.29, 1.82) is 0 Å². The van der Waals surface area contributed by atoms with E-state index in [9.17, 15) is 18.0 Å². The van der Waals surface area contributed by atoms with E-state index in [1.807, 2.05) is 4.98 Å². The van der Waals surface area contributed by atoms with Crippen LogP contribution in [0.3, 0.4) is 0 Å². The fraction of sp³-hybridized carbons (Fsp3) is 0.143. The number of H-pyrrole nitrogens is 1. The summed E-state index contributed by atoms with van der Waals surface area (Å²) < 4.78 is 22.2. The lowest BCUT2D eigenvalue weighted by atomic mass is 10.2. The standard InChI is InChI=1S/C7H8N2O5S/c1-15(13,14)4-2-3(5(8)10)6(11)9-7(4)12/h2H,1H3,(H2,8,10)(H2,9,11,12). The highest BCUT2D eigenvalue weighted by Crippen LogP contribution is 2.13. The number of aromatic hydroxyl groups is 1. The molecule has 0 aliphatic heterocycles. The molecule has 15 heavy (non-hydrogen) atoms. The molecule has 8 heteroatoms. The van der Waals surface area contributed by atoms with Gasteiger partial charge in [0.25, 0.3) is 11.5 Å². The second-order valence-electron chi connectivity index (χ2n) is 2.86. The van der Waals surface area contributed by atoms with Crippen molar-refractivity contribution in [3.8, 4) is 5.88 Å². The number of rotatable bonds is 2. The van der Waals surface area contributed by atoms with Gasteiger partial charge in [0.15, 0.2) is 9.84 Å². The topological polar surface area (TPSA) is 130 Å². The highest BCUT2D eigenvalue weighted by atomic mass is 32.2. The average molecular weight is 232 g/mol. The van der Waals surface area contributed by atoms with Gasteiger partial charge in [-0.1, -0.05) is 0 Å². The smallest absolute Gasteiger partial charge is 0.269 e. The van der Waals surface area contributed by atoms with Crippen molar-refractivity contribution in [2.75, 3.05) is 6.26 Å². The minimum atomic E-state index is -3.77. The summed E-state index contributed by atoms with van der Waals surface area (Å²) >= 11 is 0. The molecule has 0 atom stereocenters. The SMILES string of the molecule is CS(=O)(=O)c1cc(C(N)=O)c(O)[nH]c1=O. The van der Waals surface area contributed by atoms with Gasteiger partial charge in [-0.3, -0.25) is 14.6 Å². The van der Waals surface area contributed by atoms with Crippen molar-refractivity contribution in [2.24, 2.45) is 5.73 Å². The van der Waals surface area contributed by atoms with Crippen molar-refractivity contribution in [3.63, 3.8) is 0 Å². The van der Waals surface area contributed by atoms with Crippen LogP contribution in [0.5, 0.6) is 5.88 Å². The molecule has 0 fully saturated rings. The van der Waals surface area contributed by atoms with E-state index in [-0.39, 0.29) is 0 Å². The Morgan fingerprint density at radius 3 is 2.47 bits per heavy atom. The molecule has 1 aromatic rings. The molecule has 0 radical (unpaired) electrons. The van der Waals surface area contributed by atoms with Gasteiger partial charge in [-0.15, -0.1) is 0 Å². The molecule has 1 heterocycles. The van der Waals surface area contributed by atoms with Crippen LogP contribution in [0.25, 0.3) is 0 Å². The second kappa shape index (κ2) is 3.39. The Kier molecular flexibility index (Phi) is 2.54. The number of hydrogen-bond acceptors (Lipinski definition) is 5. The molecule has 4 N–H and O–H groups in total. The lowest BCUT2D eigenvalue weighted by Gasteiger charge is -2.02. The Hall–Kier alpha value is -1.83. The van der Waals surface area contributed by atoms with E-state index >= 15 is 0 Å². The van der Waals surface area contributed by atoms with Crippen molar-refractivity contribution in [2.45, 2.75) is 4.90 Å². The third kappa shape index (κ3) is 2.15. The summed E-state index contributed by atoms with van der Waals surface area (Å²) in [7, 11) is -3.77. The van der Waals surface area contributed by atoms with E-state index < -0.39 is 37.6 Å². The normalized spacial score (nSPS) is 11.3. The van der Waals surface area contributed by atoms with Gasteiger partial charge in [0, 0.05) is 6.26 Å². The fourth-order valence-electron chi connectivity index (χ4n) is 0.965. The number of carbonyl (C=O) groups excluding carboxylic acids is 1. The van der Waals surface area contributed by atoms with Crippen LogP contribution >= 0.6 is 0 Å². The van der Waals surface area contributed by atoms with Crippen molar-refractivity contribution < 1.29 is 18.3 Å². The van der Waals surface area contributed by atoms with Crippen LogP contribution in [0.1, 0.15) is 10.4 Å². The number of nitrogens with two attached hydrogens (primary N) is 1. The highest BCUT2D eigenvalue weighted by molar-refractivity contribution is 7.90. The number of nitrogens with one attached hydrogen (secondary N) is 1. The number of pyridine rings is 1. The maximum absolute atomic E-state index is 11.1. The molecule has 0 bridgehead atoms. The van der Waals surface area contributed by atoms with Crippen LogP contribution in [0.4, 0.5) is 0 Å². The number of hydrogen-bond donors (Lipinski definition) is 3. The Labute approximate surface area is 84.5 Å². The Morgan fingerprint density at radius 1 is 1.53 bits per heavy atom. The molecule has 1 amide bonds. The van der Waals surface area contributed by atoms with E-state index in [1.165, 1.54) is 0 Å². The molecule has 0 saturated carbocycles. The Morgan fingerprint density at radius 2 is 2.07 bits per heavy atom. The zero-order chi connectivity index (χ0) is 11.8. The first-order valence-electron chi connectivity index (χ1n) is 3.69. The quantitative estimate of drug-likeness (QED) is 0.576. The maximum atomic E-state index is 11.1. The number of aromatic nitrogens is 1. The first kappa shape index (κ1) is 11.2. The average Bonchev–Trinajstić information content (AvgIpc) is 2.00. The number of aromatic amines is 1. The fourth-order valence-corrected chi connectivity index (χ4v) is 1.68. The third-order valence-electron chi connectivity index (χ3n) is 1.65.